The lowest BCUT2D eigenvalue weighted by atomic mass is 10.2. The highest BCUT2D eigenvalue weighted by Gasteiger charge is 2.12. The third kappa shape index (κ3) is 2.76. The predicted octanol–water partition coefficient (Wildman–Crippen LogP) is 1.65. The zero-order valence-corrected chi connectivity index (χ0v) is 14.5. The fourth-order valence-corrected chi connectivity index (χ4v) is 2.77. The van der Waals surface area contributed by atoms with Crippen molar-refractivity contribution in [3.63, 3.8) is 0 Å². The lowest BCUT2D eigenvalue weighted by molar-refractivity contribution is 0.102. The Morgan fingerprint density at radius 1 is 1.17 bits per heavy atom. The summed E-state index contributed by atoms with van der Waals surface area (Å²) < 4.78 is 3.08. The number of hydrogen-bond donors (Lipinski definition) is 1. The average Bonchev–Trinajstić information content (AvgIpc) is 2.58. The van der Waals surface area contributed by atoms with Gasteiger partial charge in [0.15, 0.2) is 0 Å². The van der Waals surface area contributed by atoms with Crippen LogP contribution in [0.4, 0.5) is 5.69 Å². The molecule has 0 atom stereocenters. The number of hydrogen-bond acceptors (Lipinski definition) is 4. The van der Waals surface area contributed by atoms with Crippen molar-refractivity contribution in [1.82, 2.24) is 14.1 Å². The standard InChI is InChI=1S/C16H13BrN4O3/c1-20-13-12(15(23)21(2)16(20)24)7-11(8-18-13)19-14(22)9-4-3-5-10(17)6-9/h3-8H,1-2H3,(H,19,22). The maximum Gasteiger partial charge on any atom is 0.332 e. The van der Waals surface area contributed by atoms with Gasteiger partial charge in [0.25, 0.3) is 11.5 Å². The molecule has 3 aromatic rings. The summed E-state index contributed by atoms with van der Waals surface area (Å²) in [7, 11) is 2.94. The molecule has 24 heavy (non-hydrogen) atoms. The maximum absolute atomic E-state index is 12.3. The molecule has 0 unspecified atom stereocenters. The van der Waals surface area contributed by atoms with E-state index in [1.807, 2.05) is 6.07 Å². The van der Waals surface area contributed by atoms with Gasteiger partial charge < -0.3 is 5.32 Å². The van der Waals surface area contributed by atoms with Gasteiger partial charge in [0.05, 0.1) is 17.3 Å². The number of fused-ring (bicyclic) bond motifs is 1. The molecule has 0 spiro atoms. The number of nitrogens with zero attached hydrogens (tertiary/aromatic N) is 3. The number of benzene rings is 1. The van der Waals surface area contributed by atoms with Gasteiger partial charge in [0.1, 0.15) is 5.65 Å². The largest absolute Gasteiger partial charge is 0.332 e. The molecule has 0 aliphatic heterocycles. The Labute approximate surface area is 144 Å². The van der Waals surface area contributed by atoms with Crippen LogP contribution in [0.25, 0.3) is 11.0 Å². The summed E-state index contributed by atoms with van der Waals surface area (Å²) in [6.07, 6.45) is 1.41. The highest BCUT2D eigenvalue weighted by atomic mass is 79.9. The Bertz CT molecular complexity index is 1080. The van der Waals surface area contributed by atoms with Gasteiger partial charge in [-0.05, 0) is 24.3 Å². The number of carbonyl (C=O) groups is 1. The molecule has 1 amide bonds. The molecule has 7 nitrogen and oxygen atoms in total. The van der Waals surface area contributed by atoms with Crippen LogP contribution in [0, 0.1) is 0 Å². The normalized spacial score (nSPS) is 10.8. The number of carbonyl (C=O) groups excluding carboxylic acids is 1. The van der Waals surface area contributed by atoms with Crippen LogP contribution in [-0.2, 0) is 14.1 Å². The molecule has 0 aliphatic carbocycles. The Balaban J connectivity index is 2.04. The number of halogens is 1. The molecule has 3 rings (SSSR count). The highest BCUT2D eigenvalue weighted by Crippen LogP contribution is 2.15. The van der Waals surface area contributed by atoms with Crippen molar-refractivity contribution in [2.45, 2.75) is 0 Å². The number of rotatable bonds is 2. The van der Waals surface area contributed by atoms with Crippen LogP contribution in [0.5, 0.6) is 0 Å². The van der Waals surface area contributed by atoms with Crippen LogP contribution in [0.15, 0.2) is 50.6 Å². The molecule has 8 heteroatoms. The first-order valence-corrected chi connectivity index (χ1v) is 7.80. The van der Waals surface area contributed by atoms with E-state index in [2.05, 4.69) is 26.2 Å². The zero-order valence-electron chi connectivity index (χ0n) is 12.9. The third-order valence-corrected chi connectivity index (χ3v) is 4.13. The van der Waals surface area contributed by atoms with Crippen molar-refractivity contribution in [2.75, 3.05) is 5.32 Å². The quantitative estimate of drug-likeness (QED) is 0.722. The van der Waals surface area contributed by atoms with Crippen molar-refractivity contribution in [3.05, 3.63) is 67.4 Å². The Morgan fingerprint density at radius 3 is 2.62 bits per heavy atom. The summed E-state index contributed by atoms with van der Waals surface area (Å²) in [4.78, 5) is 40.5. The fourth-order valence-electron chi connectivity index (χ4n) is 2.37. The number of anilines is 1. The molecule has 0 radical (unpaired) electrons. The molecule has 2 heterocycles. The molecule has 0 saturated heterocycles. The minimum Gasteiger partial charge on any atom is -0.321 e. The van der Waals surface area contributed by atoms with E-state index in [4.69, 9.17) is 0 Å². The minimum atomic E-state index is -0.459. The van der Waals surface area contributed by atoms with Crippen molar-refractivity contribution < 1.29 is 4.79 Å². The van der Waals surface area contributed by atoms with E-state index in [9.17, 15) is 14.4 Å². The highest BCUT2D eigenvalue weighted by molar-refractivity contribution is 9.10. The second kappa shape index (κ2) is 6.04. The van der Waals surface area contributed by atoms with Crippen LogP contribution < -0.4 is 16.6 Å². The van der Waals surface area contributed by atoms with Crippen LogP contribution in [0.1, 0.15) is 10.4 Å². The average molecular weight is 389 g/mol. The number of aromatic nitrogens is 3. The molecule has 0 aliphatic rings. The topological polar surface area (TPSA) is 86.0 Å². The second-order valence-electron chi connectivity index (χ2n) is 5.27. The van der Waals surface area contributed by atoms with E-state index < -0.39 is 11.2 Å². The molecular formula is C16H13BrN4O3. The second-order valence-corrected chi connectivity index (χ2v) is 6.18. The summed E-state index contributed by atoms with van der Waals surface area (Å²) in [6.45, 7) is 0. The van der Waals surface area contributed by atoms with Gasteiger partial charge in [0, 0.05) is 24.1 Å². The molecule has 0 bridgehead atoms. The first-order valence-electron chi connectivity index (χ1n) is 7.01. The molecule has 1 N–H and O–H groups in total. The number of pyridine rings is 1. The van der Waals surface area contributed by atoms with Crippen LogP contribution in [0.2, 0.25) is 0 Å². The molecule has 2 aromatic heterocycles. The SMILES string of the molecule is Cn1c(=O)c2cc(NC(=O)c3cccc(Br)c3)cnc2n(C)c1=O. The van der Waals surface area contributed by atoms with Crippen LogP contribution in [-0.4, -0.2) is 20.0 Å². The van der Waals surface area contributed by atoms with Crippen LogP contribution >= 0.6 is 15.9 Å². The van der Waals surface area contributed by atoms with Gasteiger partial charge in [-0.3, -0.25) is 18.7 Å². The van der Waals surface area contributed by atoms with Gasteiger partial charge >= 0.3 is 5.69 Å². The van der Waals surface area contributed by atoms with Crippen molar-refractivity contribution in [3.8, 4) is 0 Å². The van der Waals surface area contributed by atoms with Gasteiger partial charge in [-0.25, -0.2) is 9.78 Å². The summed E-state index contributed by atoms with van der Waals surface area (Å²) in [5.74, 6) is -0.320. The smallest absolute Gasteiger partial charge is 0.321 e. The molecule has 122 valence electrons. The first kappa shape index (κ1) is 16.1. The van der Waals surface area contributed by atoms with Crippen LogP contribution in [0.3, 0.4) is 0 Å². The lowest BCUT2D eigenvalue weighted by Crippen LogP contribution is -2.37. The predicted molar refractivity (Wildman–Crippen MR) is 94.3 cm³/mol. The number of nitrogens with one attached hydrogen (secondary N) is 1. The van der Waals surface area contributed by atoms with E-state index in [0.717, 1.165) is 9.04 Å². The van der Waals surface area contributed by atoms with E-state index in [1.165, 1.54) is 30.9 Å². The van der Waals surface area contributed by atoms with Gasteiger partial charge in [-0.15, -0.1) is 0 Å². The first-order chi connectivity index (χ1) is 11.4. The zero-order chi connectivity index (χ0) is 17.4. The minimum absolute atomic E-state index is 0.256. The summed E-state index contributed by atoms with van der Waals surface area (Å²) in [5.41, 5.74) is 0.203. The van der Waals surface area contributed by atoms with Crippen molar-refractivity contribution in [1.29, 1.82) is 0 Å². The molecule has 1 aromatic carbocycles. The molecular weight excluding hydrogens is 376 g/mol. The van der Waals surface area contributed by atoms with Crippen molar-refractivity contribution >= 4 is 38.6 Å². The Kier molecular flexibility index (Phi) is 4.06. The van der Waals surface area contributed by atoms with E-state index >= 15 is 0 Å². The van der Waals surface area contributed by atoms with E-state index in [0.29, 0.717) is 11.3 Å². The summed E-state index contributed by atoms with van der Waals surface area (Å²) in [6, 6.07) is 8.45. The summed E-state index contributed by atoms with van der Waals surface area (Å²) in [5, 5.41) is 2.96. The maximum atomic E-state index is 12.3. The third-order valence-electron chi connectivity index (χ3n) is 3.64. The van der Waals surface area contributed by atoms with E-state index in [-0.39, 0.29) is 16.9 Å². The summed E-state index contributed by atoms with van der Waals surface area (Å²) >= 11 is 3.31. The number of aryl methyl sites for hydroxylation is 1. The fraction of sp³-hybridized carbons (Fsp3) is 0.125. The Hall–Kier alpha value is -2.74. The monoisotopic (exact) mass is 388 g/mol. The number of amides is 1. The van der Waals surface area contributed by atoms with E-state index in [1.54, 1.807) is 18.2 Å². The molecule has 0 saturated carbocycles. The Morgan fingerprint density at radius 2 is 1.92 bits per heavy atom. The lowest BCUT2D eigenvalue weighted by Gasteiger charge is -2.09. The molecule has 0 fully saturated rings. The van der Waals surface area contributed by atoms with Gasteiger partial charge in [0.2, 0.25) is 0 Å². The van der Waals surface area contributed by atoms with Crippen molar-refractivity contribution in [2.24, 2.45) is 14.1 Å². The van der Waals surface area contributed by atoms with Gasteiger partial charge in [-0.1, -0.05) is 22.0 Å². The van der Waals surface area contributed by atoms with Gasteiger partial charge in [-0.2, -0.15) is 0 Å².